The molecule has 3 amide bonds. The summed E-state index contributed by atoms with van der Waals surface area (Å²) >= 11 is 0. The van der Waals surface area contributed by atoms with Crippen LogP contribution in [0.4, 0.5) is 17.6 Å². The van der Waals surface area contributed by atoms with E-state index in [9.17, 15) is 47.3 Å². The van der Waals surface area contributed by atoms with Crippen LogP contribution in [0.1, 0.15) is 36.9 Å². The predicted octanol–water partition coefficient (Wildman–Crippen LogP) is 0.658. The number of aromatic nitrogens is 2. The van der Waals surface area contributed by atoms with Gasteiger partial charge in [0, 0.05) is 24.6 Å². The molecular formula is C30H32F4N6O6. The maximum atomic E-state index is 14.7. The number of pyridine rings is 2. The van der Waals surface area contributed by atoms with E-state index in [1.807, 2.05) is 0 Å². The number of nitrogens with zero attached hydrogens (tertiary/aromatic N) is 2. The van der Waals surface area contributed by atoms with Crippen molar-refractivity contribution in [3.05, 3.63) is 89.0 Å². The van der Waals surface area contributed by atoms with E-state index in [1.54, 1.807) is 30.3 Å². The summed E-state index contributed by atoms with van der Waals surface area (Å²) in [6, 6.07) is 5.50. The van der Waals surface area contributed by atoms with Crippen molar-refractivity contribution in [2.75, 3.05) is 0 Å². The first kappa shape index (κ1) is 34.2. The van der Waals surface area contributed by atoms with Crippen molar-refractivity contribution >= 4 is 17.7 Å². The zero-order valence-electron chi connectivity index (χ0n) is 24.5. The first-order chi connectivity index (χ1) is 21.8. The maximum absolute atomic E-state index is 14.7. The smallest absolute Gasteiger partial charge is 0.254 e. The van der Waals surface area contributed by atoms with E-state index in [0.717, 1.165) is 0 Å². The number of aliphatic hydroxyl groups is 2. The molecule has 46 heavy (non-hydrogen) atoms. The lowest BCUT2D eigenvalue weighted by molar-refractivity contribution is -0.136. The van der Waals surface area contributed by atoms with Crippen LogP contribution in [-0.2, 0) is 27.2 Å². The lowest BCUT2D eigenvalue weighted by Crippen LogP contribution is -2.63. The quantitative estimate of drug-likeness (QED) is 0.110. The van der Waals surface area contributed by atoms with Gasteiger partial charge in [-0.1, -0.05) is 37.3 Å². The van der Waals surface area contributed by atoms with Gasteiger partial charge in [-0.3, -0.25) is 24.7 Å². The van der Waals surface area contributed by atoms with Crippen LogP contribution >= 0.6 is 0 Å². The summed E-state index contributed by atoms with van der Waals surface area (Å²) in [6.07, 6.45) is -3.44. The van der Waals surface area contributed by atoms with Crippen LogP contribution in [0.15, 0.2) is 48.7 Å². The number of aliphatic hydroxyl groups excluding tert-OH is 2. The number of benzene rings is 1. The third kappa shape index (κ3) is 7.75. The lowest BCUT2D eigenvalue weighted by atomic mass is 9.91. The van der Waals surface area contributed by atoms with Gasteiger partial charge in [-0.25, -0.2) is 4.39 Å². The highest BCUT2D eigenvalue weighted by Crippen LogP contribution is 2.23. The first-order valence-corrected chi connectivity index (χ1v) is 14.2. The fraction of sp³-hybridized carbons (Fsp3) is 0.367. The van der Waals surface area contributed by atoms with Crippen LogP contribution in [0.25, 0.3) is 0 Å². The number of nitrogens with one attached hydrogen (secondary N) is 4. The Morgan fingerprint density at radius 1 is 0.870 bits per heavy atom. The number of hydrogen-bond acceptors (Lipinski definition) is 9. The van der Waals surface area contributed by atoms with Crippen LogP contribution < -0.4 is 21.3 Å². The van der Waals surface area contributed by atoms with Crippen molar-refractivity contribution in [1.29, 1.82) is 0 Å². The summed E-state index contributed by atoms with van der Waals surface area (Å²) in [4.78, 5) is 47.0. The molecule has 1 aliphatic rings. The minimum Gasteiger partial charge on any atom is -0.506 e. The second kappa shape index (κ2) is 14.6. The SMILES string of the molecule is CC1NC(=O)C(Cc2ccccc2)NC(=O)C(C)C(O)C(Cc2c(F)nc(F)c(F)c2F)NC(=O)C1NC(O)c1ncccc1O. The molecule has 246 valence electrons. The largest absolute Gasteiger partial charge is 0.506 e. The van der Waals surface area contributed by atoms with E-state index in [0.29, 0.717) is 5.56 Å². The number of carbonyl (C=O) groups excluding carboxylic acids is 3. The normalized spacial score (nSPS) is 25.0. The van der Waals surface area contributed by atoms with Crippen LogP contribution in [0.2, 0.25) is 0 Å². The number of amides is 3. The van der Waals surface area contributed by atoms with Crippen LogP contribution in [0.5, 0.6) is 5.75 Å². The molecule has 1 aliphatic heterocycles. The molecule has 7 unspecified atom stereocenters. The average Bonchev–Trinajstić information content (AvgIpc) is 3.02. The monoisotopic (exact) mass is 648 g/mol. The molecule has 0 saturated carbocycles. The molecule has 3 aromatic rings. The molecule has 7 N–H and O–H groups in total. The Morgan fingerprint density at radius 2 is 1.57 bits per heavy atom. The van der Waals surface area contributed by atoms with Crippen LogP contribution in [-0.4, -0.2) is 73.3 Å². The van der Waals surface area contributed by atoms with Crippen molar-refractivity contribution in [3.8, 4) is 5.75 Å². The second-order valence-electron chi connectivity index (χ2n) is 10.9. The van der Waals surface area contributed by atoms with Crippen molar-refractivity contribution in [3.63, 3.8) is 0 Å². The number of hydrogen-bond donors (Lipinski definition) is 7. The minimum absolute atomic E-state index is 0.0109. The van der Waals surface area contributed by atoms with E-state index >= 15 is 0 Å². The van der Waals surface area contributed by atoms with E-state index < -0.39 is 101 Å². The van der Waals surface area contributed by atoms with E-state index in [4.69, 9.17) is 0 Å². The molecule has 7 atom stereocenters. The molecule has 0 aliphatic carbocycles. The van der Waals surface area contributed by atoms with Crippen LogP contribution in [0.3, 0.4) is 0 Å². The Bertz CT molecular complexity index is 1580. The summed E-state index contributed by atoms with van der Waals surface area (Å²) < 4.78 is 56.8. The molecule has 12 nitrogen and oxygen atoms in total. The summed E-state index contributed by atoms with van der Waals surface area (Å²) in [5, 5.41) is 42.3. The summed E-state index contributed by atoms with van der Waals surface area (Å²) in [6.45, 7) is 2.60. The third-order valence-corrected chi connectivity index (χ3v) is 7.65. The van der Waals surface area contributed by atoms with Gasteiger partial charge in [0.25, 0.3) is 5.95 Å². The Kier molecular flexibility index (Phi) is 10.9. The molecule has 1 fully saturated rings. The average molecular weight is 649 g/mol. The van der Waals surface area contributed by atoms with Gasteiger partial charge in [-0.2, -0.15) is 18.2 Å². The van der Waals surface area contributed by atoms with Crippen LogP contribution in [0, 0.1) is 29.4 Å². The fourth-order valence-electron chi connectivity index (χ4n) is 5.03. The Morgan fingerprint density at radius 3 is 2.24 bits per heavy atom. The standard InChI is InChI=1S/C30H32F4N6O6/c1-13-24(42)17(12-16-20(31)21(32)26(34)40-25(16)33)37-29(45)22(39-30(46)23-19(41)9-6-10-35-23)14(2)36-28(44)18(38-27(13)43)11-15-7-4-3-5-8-15/h3-10,13-14,17-18,22,24,30,39,41-42,46H,11-12H2,1-2H3,(H,36,44)(H,37,45)(H,38,43). The van der Waals surface area contributed by atoms with Gasteiger partial charge < -0.3 is 31.3 Å². The minimum atomic E-state index is -2.09. The van der Waals surface area contributed by atoms with Crippen molar-refractivity contribution in [2.45, 2.75) is 63.2 Å². The molecule has 3 heterocycles. The Balaban J connectivity index is 1.74. The van der Waals surface area contributed by atoms with Crippen molar-refractivity contribution < 1.29 is 47.3 Å². The number of halogens is 4. The topological polar surface area (TPSA) is 186 Å². The van der Waals surface area contributed by atoms with Crippen molar-refractivity contribution in [2.24, 2.45) is 5.92 Å². The molecule has 1 aromatic carbocycles. The van der Waals surface area contributed by atoms with Gasteiger partial charge in [0.15, 0.2) is 12.0 Å². The first-order valence-electron chi connectivity index (χ1n) is 14.2. The van der Waals surface area contributed by atoms with Gasteiger partial charge in [0.1, 0.15) is 23.5 Å². The van der Waals surface area contributed by atoms with E-state index in [1.165, 1.54) is 32.2 Å². The van der Waals surface area contributed by atoms with E-state index in [2.05, 4.69) is 31.2 Å². The summed E-state index contributed by atoms with van der Waals surface area (Å²) in [5.74, 6) is -12.3. The molecule has 0 radical (unpaired) electrons. The molecule has 4 rings (SSSR count). The number of aromatic hydroxyl groups is 1. The molecule has 2 aromatic heterocycles. The van der Waals surface area contributed by atoms with Gasteiger partial charge in [0.05, 0.1) is 24.1 Å². The Hall–Kier alpha value is -4.67. The maximum Gasteiger partial charge on any atom is 0.254 e. The number of carbonyl (C=O) groups is 3. The molecule has 16 heteroatoms. The second-order valence-corrected chi connectivity index (χ2v) is 10.9. The highest BCUT2D eigenvalue weighted by atomic mass is 19.2. The van der Waals surface area contributed by atoms with Gasteiger partial charge in [0.2, 0.25) is 29.5 Å². The predicted molar refractivity (Wildman–Crippen MR) is 152 cm³/mol. The Labute approximate surface area is 260 Å². The van der Waals surface area contributed by atoms with Gasteiger partial charge in [-0.15, -0.1) is 0 Å². The number of rotatable bonds is 7. The zero-order valence-corrected chi connectivity index (χ0v) is 24.5. The molecule has 0 spiro atoms. The molecular weight excluding hydrogens is 616 g/mol. The summed E-state index contributed by atoms with van der Waals surface area (Å²) in [5.41, 5.74) is -0.746. The zero-order chi connectivity index (χ0) is 33.7. The van der Waals surface area contributed by atoms with E-state index in [-0.39, 0.29) is 12.1 Å². The van der Waals surface area contributed by atoms with Gasteiger partial charge in [-0.05, 0) is 24.6 Å². The molecule has 0 bridgehead atoms. The molecule has 1 saturated heterocycles. The summed E-state index contributed by atoms with van der Waals surface area (Å²) in [7, 11) is 0. The highest BCUT2D eigenvalue weighted by molar-refractivity contribution is 5.90. The van der Waals surface area contributed by atoms with Gasteiger partial charge >= 0.3 is 0 Å². The third-order valence-electron chi connectivity index (χ3n) is 7.65. The van der Waals surface area contributed by atoms with Crippen molar-refractivity contribution in [1.82, 2.24) is 31.2 Å². The highest BCUT2D eigenvalue weighted by Gasteiger charge is 2.39. The lowest BCUT2D eigenvalue weighted by Gasteiger charge is -2.34. The fourth-order valence-corrected chi connectivity index (χ4v) is 5.03.